The Labute approximate surface area is 95.8 Å². The highest BCUT2D eigenvalue weighted by atomic mass is 16.7. The van der Waals surface area contributed by atoms with Crippen molar-refractivity contribution in [1.82, 2.24) is 4.98 Å². The van der Waals surface area contributed by atoms with E-state index in [9.17, 15) is 0 Å². The topological polar surface area (TPSA) is 57.4 Å². The molecule has 1 aromatic rings. The van der Waals surface area contributed by atoms with Crippen LogP contribution in [0.25, 0.3) is 0 Å². The zero-order chi connectivity index (χ0) is 11.8. The van der Waals surface area contributed by atoms with Crippen molar-refractivity contribution in [2.75, 3.05) is 6.54 Å². The van der Waals surface area contributed by atoms with Gasteiger partial charge in [-0.05, 0) is 25.5 Å². The summed E-state index contributed by atoms with van der Waals surface area (Å²) in [7, 11) is 0. The highest BCUT2D eigenvalue weighted by Gasteiger charge is 2.30. The molecule has 16 heavy (non-hydrogen) atoms. The zero-order valence-corrected chi connectivity index (χ0v) is 10.0. The average molecular weight is 222 g/mol. The molecule has 0 saturated heterocycles. The van der Waals surface area contributed by atoms with Crippen LogP contribution in [0.3, 0.4) is 0 Å². The fourth-order valence-electron chi connectivity index (χ4n) is 1.86. The number of rotatable bonds is 2. The van der Waals surface area contributed by atoms with E-state index in [1.807, 2.05) is 27.0 Å². The van der Waals surface area contributed by atoms with Gasteiger partial charge in [-0.15, -0.1) is 0 Å². The quantitative estimate of drug-likeness (QED) is 0.824. The number of hydrogen-bond acceptors (Lipinski definition) is 4. The van der Waals surface area contributed by atoms with E-state index in [-0.39, 0.29) is 0 Å². The summed E-state index contributed by atoms with van der Waals surface area (Å²) in [5, 5.41) is 0. The molecule has 0 atom stereocenters. The van der Waals surface area contributed by atoms with Crippen LogP contribution in [0, 0.1) is 6.92 Å². The Kier molecular flexibility index (Phi) is 2.86. The van der Waals surface area contributed by atoms with E-state index in [2.05, 4.69) is 4.98 Å². The van der Waals surface area contributed by atoms with Crippen molar-refractivity contribution in [3.8, 4) is 5.75 Å². The van der Waals surface area contributed by atoms with Crippen LogP contribution in [0.4, 0.5) is 0 Å². The molecule has 88 valence electrons. The third-order valence-electron chi connectivity index (χ3n) is 2.73. The van der Waals surface area contributed by atoms with Gasteiger partial charge in [-0.3, -0.25) is 4.98 Å². The van der Waals surface area contributed by atoms with E-state index in [0.717, 1.165) is 29.0 Å². The Balaban J connectivity index is 2.43. The third-order valence-corrected chi connectivity index (χ3v) is 2.73. The standard InChI is InChI=1S/C12H18N2O2/c1-8-11-10(7-15-12(2,3)16-11)9(4-5-13)6-14-8/h6H,4-5,7,13H2,1-3H3. The van der Waals surface area contributed by atoms with Gasteiger partial charge in [0.1, 0.15) is 5.75 Å². The van der Waals surface area contributed by atoms with E-state index in [0.29, 0.717) is 13.2 Å². The van der Waals surface area contributed by atoms with Crippen LogP contribution in [-0.2, 0) is 17.8 Å². The second kappa shape index (κ2) is 4.03. The molecule has 0 aromatic carbocycles. The smallest absolute Gasteiger partial charge is 0.205 e. The Morgan fingerprint density at radius 2 is 2.25 bits per heavy atom. The van der Waals surface area contributed by atoms with Crippen molar-refractivity contribution in [1.29, 1.82) is 0 Å². The molecule has 0 fully saturated rings. The minimum absolute atomic E-state index is 0.569. The van der Waals surface area contributed by atoms with Crippen molar-refractivity contribution in [3.05, 3.63) is 23.0 Å². The Morgan fingerprint density at radius 3 is 2.94 bits per heavy atom. The van der Waals surface area contributed by atoms with Gasteiger partial charge in [0.15, 0.2) is 0 Å². The van der Waals surface area contributed by atoms with Gasteiger partial charge in [0.25, 0.3) is 0 Å². The van der Waals surface area contributed by atoms with E-state index in [1.165, 1.54) is 0 Å². The van der Waals surface area contributed by atoms with Gasteiger partial charge in [0, 0.05) is 25.6 Å². The van der Waals surface area contributed by atoms with Crippen LogP contribution in [-0.4, -0.2) is 17.3 Å². The average Bonchev–Trinajstić information content (AvgIpc) is 2.22. The number of fused-ring (bicyclic) bond motifs is 1. The second-order valence-corrected chi connectivity index (χ2v) is 4.51. The van der Waals surface area contributed by atoms with Crippen molar-refractivity contribution >= 4 is 0 Å². The summed E-state index contributed by atoms with van der Waals surface area (Å²) in [6.45, 7) is 6.95. The fraction of sp³-hybridized carbons (Fsp3) is 0.583. The molecule has 1 aliphatic heterocycles. The lowest BCUT2D eigenvalue weighted by molar-refractivity contribution is -0.180. The number of ether oxygens (including phenoxy) is 2. The number of pyridine rings is 1. The molecule has 0 saturated carbocycles. The first-order chi connectivity index (χ1) is 7.53. The normalized spacial score (nSPS) is 17.8. The number of nitrogens with two attached hydrogens (primary N) is 1. The monoisotopic (exact) mass is 222 g/mol. The van der Waals surface area contributed by atoms with Crippen LogP contribution in [0.1, 0.15) is 30.7 Å². The molecule has 0 spiro atoms. The first-order valence-electron chi connectivity index (χ1n) is 5.54. The summed E-state index contributed by atoms with van der Waals surface area (Å²) in [5.74, 6) is 0.294. The van der Waals surface area contributed by atoms with Gasteiger partial charge in [-0.25, -0.2) is 0 Å². The van der Waals surface area contributed by atoms with E-state index in [1.54, 1.807) is 0 Å². The van der Waals surface area contributed by atoms with Crippen molar-refractivity contribution in [2.24, 2.45) is 5.73 Å². The number of nitrogens with zero attached hydrogens (tertiary/aromatic N) is 1. The first-order valence-corrected chi connectivity index (χ1v) is 5.54. The summed E-state index contributed by atoms with van der Waals surface area (Å²) >= 11 is 0. The lowest BCUT2D eigenvalue weighted by Crippen LogP contribution is -2.36. The summed E-state index contributed by atoms with van der Waals surface area (Å²) in [5.41, 5.74) is 8.70. The summed E-state index contributed by atoms with van der Waals surface area (Å²) < 4.78 is 11.5. The molecule has 0 amide bonds. The van der Waals surface area contributed by atoms with Crippen molar-refractivity contribution in [3.63, 3.8) is 0 Å². The third kappa shape index (κ3) is 2.03. The lowest BCUT2D eigenvalue weighted by atomic mass is 10.0. The van der Waals surface area contributed by atoms with Crippen LogP contribution in [0.15, 0.2) is 6.20 Å². The molecule has 0 bridgehead atoms. The Morgan fingerprint density at radius 1 is 1.50 bits per heavy atom. The SMILES string of the molecule is Cc1ncc(CCN)c2c1OC(C)(C)OC2. The fourth-order valence-corrected chi connectivity index (χ4v) is 1.86. The molecule has 0 radical (unpaired) electrons. The van der Waals surface area contributed by atoms with Gasteiger partial charge in [-0.2, -0.15) is 0 Å². The summed E-state index contributed by atoms with van der Waals surface area (Å²) in [4.78, 5) is 4.34. The van der Waals surface area contributed by atoms with Crippen LogP contribution >= 0.6 is 0 Å². The molecule has 4 heteroatoms. The molecule has 2 heterocycles. The van der Waals surface area contributed by atoms with Crippen LogP contribution < -0.4 is 10.5 Å². The highest BCUT2D eigenvalue weighted by molar-refractivity contribution is 5.42. The number of aromatic nitrogens is 1. The molecular formula is C12H18N2O2. The predicted molar refractivity (Wildman–Crippen MR) is 61.2 cm³/mol. The molecule has 2 rings (SSSR count). The van der Waals surface area contributed by atoms with Crippen molar-refractivity contribution < 1.29 is 9.47 Å². The van der Waals surface area contributed by atoms with Crippen molar-refractivity contribution in [2.45, 2.75) is 39.6 Å². The molecule has 0 unspecified atom stereocenters. The first kappa shape index (κ1) is 11.4. The van der Waals surface area contributed by atoms with Gasteiger partial charge >= 0.3 is 0 Å². The second-order valence-electron chi connectivity index (χ2n) is 4.51. The number of hydrogen-bond donors (Lipinski definition) is 1. The molecule has 1 aromatic heterocycles. The van der Waals surface area contributed by atoms with E-state index >= 15 is 0 Å². The largest absolute Gasteiger partial charge is 0.461 e. The highest BCUT2D eigenvalue weighted by Crippen LogP contribution is 2.34. The molecule has 2 N–H and O–H groups in total. The lowest BCUT2D eigenvalue weighted by Gasteiger charge is -2.34. The van der Waals surface area contributed by atoms with Gasteiger partial charge < -0.3 is 15.2 Å². The van der Waals surface area contributed by atoms with Gasteiger partial charge in [0.2, 0.25) is 5.79 Å². The minimum atomic E-state index is -0.569. The predicted octanol–water partition coefficient (Wildman–Crippen LogP) is 1.54. The molecule has 4 nitrogen and oxygen atoms in total. The Bertz CT molecular complexity index is 402. The maximum absolute atomic E-state index is 5.81. The number of aryl methyl sites for hydroxylation is 1. The molecule has 1 aliphatic rings. The van der Waals surface area contributed by atoms with E-state index < -0.39 is 5.79 Å². The summed E-state index contributed by atoms with van der Waals surface area (Å²) in [6, 6.07) is 0. The molecular weight excluding hydrogens is 204 g/mol. The van der Waals surface area contributed by atoms with E-state index in [4.69, 9.17) is 15.2 Å². The van der Waals surface area contributed by atoms with Gasteiger partial charge in [-0.1, -0.05) is 0 Å². The zero-order valence-electron chi connectivity index (χ0n) is 10.0. The maximum Gasteiger partial charge on any atom is 0.205 e. The Hall–Kier alpha value is -1.13. The summed E-state index contributed by atoms with van der Waals surface area (Å²) in [6.07, 6.45) is 2.68. The maximum atomic E-state index is 5.81. The molecule has 0 aliphatic carbocycles. The van der Waals surface area contributed by atoms with Crippen LogP contribution in [0.2, 0.25) is 0 Å². The van der Waals surface area contributed by atoms with Crippen LogP contribution in [0.5, 0.6) is 5.75 Å². The minimum Gasteiger partial charge on any atom is -0.461 e. The van der Waals surface area contributed by atoms with Gasteiger partial charge in [0.05, 0.1) is 12.3 Å².